The van der Waals surface area contributed by atoms with E-state index in [4.69, 9.17) is 21.7 Å². The molecule has 0 aliphatic rings. The Morgan fingerprint density at radius 2 is 1.33 bits per heavy atom. The molecule has 0 aromatic heterocycles. The molecule has 0 unspecified atom stereocenters. The van der Waals surface area contributed by atoms with E-state index in [1.807, 2.05) is 0 Å². The van der Waals surface area contributed by atoms with Crippen LogP contribution in [-0.4, -0.2) is 22.2 Å². The molecule has 0 radical (unpaired) electrons. The van der Waals surface area contributed by atoms with E-state index in [1.54, 1.807) is 18.2 Å². The van der Waals surface area contributed by atoms with E-state index in [-0.39, 0.29) is 22.5 Å². The highest BCUT2D eigenvalue weighted by Crippen LogP contribution is 2.34. The molecular formula is C12H10N2O4. The maximum Gasteiger partial charge on any atom is 0.339 e. The fourth-order valence-electron chi connectivity index (χ4n) is 1.95. The van der Waals surface area contributed by atoms with Crippen LogP contribution in [0.15, 0.2) is 24.3 Å². The van der Waals surface area contributed by atoms with Crippen LogP contribution in [0.1, 0.15) is 20.7 Å². The zero-order valence-corrected chi connectivity index (χ0v) is 9.18. The van der Waals surface area contributed by atoms with Gasteiger partial charge in [0.05, 0.1) is 16.9 Å². The lowest BCUT2D eigenvalue weighted by atomic mass is 9.96. The third kappa shape index (κ3) is 1.51. The summed E-state index contributed by atoms with van der Waals surface area (Å²) in [6.07, 6.45) is 0. The van der Waals surface area contributed by atoms with Crippen molar-refractivity contribution in [3.63, 3.8) is 0 Å². The van der Waals surface area contributed by atoms with Gasteiger partial charge in [-0.25, -0.2) is 9.59 Å². The number of carboxylic acids is 2. The molecule has 18 heavy (non-hydrogen) atoms. The Hall–Kier alpha value is -2.76. The van der Waals surface area contributed by atoms with Gasteiger partial charge in [0.1, 0.15) is 5.56 Å². The topological polar surface area (TPSA) is 127 Å². The standard InChI is InChI=1S/C12H10N2O4/c13-9-6-4-2-1-3-5(6)7(11(15)16)10(14)8(9)12(17)18/h1-4H,13-14H2,(H,15,16)(H,17,18). The van der Waals surface area contributed by atoms with Crippen molar-refractivity contribution in [1.29, 1.82) is 0 Å². The third-order valence-electron chi connectivity index (χ3n) is 2.72. The molecule has 0 bridgehead atoms. The van der Waals surface area contributed by atoms with Crippen molar-refractivity contribution in [2.24, 2.45) is 0 Å². The largest absolute Gasteiger partial charge is 0.478 e. The SMILES string of the molecule is Nc1c(C(=O)O)c(N)c2ccccc2c1C(=O)O. The Morgan fingerprint density at radius 3 is 1.83 bits per heavy atom. The average Bonchev–Trinajstić information content (AvgIpc) is 2.28. The molecule has 0 saturated carbocycles. The summed E-state index contributed by atoms with van der Waals surface area (Å²) in [5.41, 5.74) is 10.4. The molecule has 0 aliphatic carbocycles. The molecule has 0 aliphatic heterocycles. The molecule has 0 saturated heterocycles. The summed E-state index contributed by atoms with van der Waals surface area (Å²) in [6, 6.07) is 6.38. The van der Waals surface area contributed by atoms with Crippen LogP contribution in [0.4, 0.5) is 11.4 Å². The maximum absolute atomic E-state index is 11.2. The monoisotopic (exact) mass is 246 g/mol. The summed E-state index contributed by atoms with van der Waals surface area (Å²) >= 11 is 0. The predicted octanol–water partition coefficient (Wildman–Crippen LogP) is 1.40. The van der Waals surface area contributed by atoms with Gasteiger partial charge < -0.3 is 21.7 Å². The number of nitrogens with two attached hydrogens (primary N) is 2. The number of rotatable bonds is 2. The lowest BCUT2D eigenvalue weighted by Gasteiger charge is -2.13. The van der Waals surface area contributed by atoms with E-state index in [0.717, 1.165) is 0 Å². The first kappa shape index (κ1) is 11.7. The van der Waals surface area contributed by atoms with Crippen LogP contribution in [0.25, 0.3) is 10.8 Å². The number of benzene rings is 2. The van der Waals surface area contributed by atoms with Crippen molar-refractivity contribution in [2.75, 3.05) is 11.5 Å². The predicted molar refractivity (Wildman–Crippen MR) is 66.7 cm³/mol. The maximum atomic E-state index is 11.2. The molecule has 6 N–H and O–H groups in total. The Morgan fingerprint density at radius 1 is 0.833 bits per heavy atom. The summed E-state index contributed by atoms with van der Waals surface area (Å²) in [4.78, 5) is 22.3. The minimum atomic E-state index is -1.35. The first-order chi connectivity index (χ1) is 8.45. The van der Waals surface area contributed by atoms with E-state index < -0.39 is 11.9 Å². The zero-order chi connectivity index (χ0) is 13.4. The fourth-order valence-corrected chi connectivity index (χ4v) is 1.95. The van der Waals surface area contributed by atoms with Crippen molar-refractivity contribution < 1.29 is 19.8 Å². The van der Waals surface area contributed by atoms with Gasteiger partial charge in [-0.05, 0) is 0 Å². The number of hydrogen-bond donors (Lipinski definition) is 4. The fraction of sp³-hybridized carbons (Fsp3) is 0. The minimum absolute atomic E-state index is 0.0272. The molecule has 0 heterocycles. The van der Waals surface area contributed by atoms with E-state index >= 15 is 0 Å². The summed E-state index contributed by atoms with van der Waals surface area (Å²) in [5, 5.41) is 18.9. The van der Waals surface area contributed by atoms with E-state index in [9.17, 15) is 9.59 Å². The van der Waals surface area contributed by atoms with Gasteiger partial charge in [-0.3, -0.25) is 0 Å². The Kier molecular flexibility index (Phi) is 2.55. The number of anilines is 2. The van der Waals surface area contributed by atoms with E-state index in [2.05, 4.69) is 0 Å². The first-order valence-corrected chi connectivity index (χ1v) is 5.01. The summed E-state index contributed by atoms with van der Waals surface area (Å²) in [5.74, 6) is -2.63. The summed E-state index contributed by atoms with van der Waals surface area (Å²) in [7, 11) is 0. The van der Waals surface area contributed by atoms with Crippen molar-refractivity contribution in [3.8, 4) is 0 Å². The lowest BCUT2D eigenvalue weighted by Crippen LogP contribution is -2.13. The minimum Gasteiger partial charge on any atom is -0.478 e. The molecule has 2 rings (SSSR count). The molecule has 0 fully saturated rings. The number of fused-ring (bicyclic) bond motifs is 1. The Bertz CT molecular complexity index is 679. The molecule has 6 nitrogen and oxygen atoms in total. The van der Waals surface area contributed by atoms with Gasteiger partial charge in [-0.1, -0.05) is 24.3 Å². The van der Waals surface area contributed by atoms with Crippen LogP contribution in [0, 0.1) is 0 Å². The molecule has 0 amide bonds. The zero-order valence-electron chi connectivity index (χ0n) is 9.18. The molecule has 2 aromatic carbocycles. The number of aromatic carboxylic acids is 2. The van der Waals surface area contributed by atoms with E-state index in [0.29, 0.717) is 10.8 Å². The van der Waals surface area contributed by atoms with Gasteiger partial charge in [-0.15, -0.1) is 0 Å². The Balaban J connectivity index is 3.06. The number of hydrogen-bond acceptors (Lipinski definition) is 4. The lowest BCUT2D eigenvalue weighted by molar-refractivity contribution is 0.0697. The molecule has 0 spiro atoms. The molecule has 6 heteroatoms. The van der Waals surface area contributed by atoms with Gasteiger partial charge in [0.2, 0.25) is 0 Å². The van der Waals surface area contributed by atoms with E-state index in [1.165, 1.54) is 6.07 Å². The van der Waals surface area contributed by atoms with Crippen molar-refractivity contribution in [1.82, 2.24) is 0 Å². The third-order valence-corrected chi connectivity index (χ3v) is 2.72. The molecule has 0 atom stereocenters. The smallest absolute Gasteiger partial charge is 0.339 e. The molecular weight excluding hydrogens is 236 g/mol. The second kappa shape index (κ2) is 3.92. The highest BCUT2D eigenvalue weighted by molar-refractivity contribution is 6.18. The highest BCUT2D eigenvalue weighted by Gasteiger charge is 2.23. The van der Waals surface area contributed by atoms with Gasteiger partial charge in [0.25, 0.3) is 0 Å². The quantitative estimate of drug-likeness (QED) is 0.593. The van der Waals surface area contributed by atoms with Gasteiger partial charge >= 0.3 is 11.9 Å². The highest BCUT2D eigenvalue weighted by atomic mass is 16.4. The van der Waals surface area contributed by atoms with Crippen LogP contribution in [0.2, 0.25) is 0 Å². The van der Waals surface area contributed by atoms with Crippen LogP contribution < -0.4 is 11.5 Å². The second-order valence-corrected chi connectivity index (χ2v) is 3.73. The van der Waals surface area contributed by atoms with Crippen molar-refractivity contribution in [2.45, 2.75) is 0 Å². The number of nitrogen functional groups attached to an aromatic ring is 2. The normalized spacial score (nSPS) is 10.4. The van der Waals surface area contributed by atoms with Crippen LogP contribution in [0.5, 0.6) is 0 Å². The van der Waals surface area contributed by atoms with Gasteiger partial charge in [-0.2, -0.15) is 0 Å². The molecule has 2 aromatic rings. The molecule has 92 valence electrons. The first-order valence-electron chi connectivity index (χ1n) is 5.01. The second-order valence-electron chi connectivity index (χ2n) is 3.73. The van der Waals surface area contributed by atoms with Crippen LogP contribution in [-0.2, 0) is 0 Å². The number of carbonyl (C=O) groups is 2. The number of carboxylic acid groups (broad SMARTS) is 2. The van der Waals surface area contributed by atoms with Crippen LogP contribution in [0.3, 0.4) is 0 Å². The summed E-state index contributed by atoms with van der Waals surface area (Å²) < 4.78 is 0. The Labute approximate surface area is 101 Å². The van der Waals surface area contributed by atoms with Crippen molar-refractivity contribution >= 4 is 34.1 Å². The van der Waals surface area contributed by atoms with Gasteiger partial charge in [0, 0.05) is 10.8 Å². The van der Waals surface area contributed by atoms with Crippen molar-refractivity contribution in [3.05, 3.63) is 35.4 Å². The average molecular weight is 246 g/mol. The van der Waals surface area contributed by atoms with Crippen LogP contribution >= 0.6 is 0 Å². The summed E-state index contributed by atoms with van der Waals surface area (Å²) in [6.45, 7) is 0. The van der Waals surface area contributed by atoms with Gasteiger partial charge in [0.15, 0.2) is 0 Å².